The second-order valence-corrected chi connectivity index (χ2v) is 5.09. The summed E-state index contributed by atoms with van der Waals surface area (Å²) < 4.78 is 7.50. The number of hydrogen-bond acceptors (Lipinski definition) is 6. The maximum atomic E-state index is 11.9. The molecule has 0 aliphatic heterocycles. The highest BCUT2D eigenvalue weighted by atomic mass is 35.5. The Kier molecular flexibility index (Phi) is 2.82. The predicted molar refractivity (Wildman–Crippen MR) is 81.9 cm³/mol. The van der Waals surface area contributed by atoms with Crippen LogP contribution in [0.25, 0.3) is 22.5 Å². The summed E-state index contributed by atoms with van der Waals surface area (Å²) >= 11 is 6.18. The third kappa shape index (κ3) is 1.88. The highest BCUT2D eigenvalue weighted by Crippen LogP contribution is 2.22. The van der Waals surface area contributed by atoms with Gasteiger partial charge in [-0.2, -0.15) is 9.50 Å². The molecule has 114 valence electrons. The van der Waals surface area contributed by atoms with Crippen molar-refractivity contribution in [3.05, 3.63) is 51.5 Å². The first-order valence-electron chi connectivity index (χ1n) is 6.55. The normalized spacial score (nSPS) is 11.4. The SMILES string of the molecule is COC(=O)c1cc(=O)nc2n1nc1c(Cl)nc3ccccc3n12. The maximum absolute atomic E-state index is 11.9. The minimum Gasteiger partial charge on any atom is -0.464 e. The van der Waals surface area contributed by atoms with Crippen molar-refractivity contribution in [1.82, 2.24) is 24.0 Å². The predicted octanol–water partition coefficient (Wildman–Crippen LogP) is 1.33. The molecular weight excluding hydrogens is 322 g/mol. The fourth-order valence-corrected chi connectivity index (χ4v) is 2.66. The number of halogens is 1. The Morgan fingerprint density at radius 2 is 2.04 bits per heavy atom. The lowest BCUT2D eigenvalue weighted by atomic mass is 10.3. The summed E-state index contributed by atoms with van der Waals surface area (Å²) in [4.78, 5) is 32.0. The van der Waals surface area contributed by atoms with Gasteiger partial charge >= 0.3 is 5.97 Å². The van der Waals surface area contributed by atoms with E-state index < -0.39 is 11.5 Å². The Balaban J connectivity index is 2.31. The first-order valence-corrected chi connectivity index (χ1v) is 6.93. The summed E-state index contributed by atoms with van der Waals surface area (Å²) in [7, 11) is 1.22. The van der Waals surface area contributed by atoms with Crippen LogP contribution < -0.4 is 5.56 Å². The zero-order valence-corrected chi connectivity index (χ0v) is 12.5. The smallest absolute Gasteiger partial charge is 0.357 e. The van der Waals surface area contributed by atoms with Crippen LogP contribution in [-0.4, -0.2) is 37.1 Å². The average Bonchev–Trinajstić information content (AvgIpc) is 2.94. The Morgan fingerprint density at radius 1 is 1.26 bits per heavy atom. The summed E-state index contributed by atoms with van der Waals surface area (Å²) in [5.41, 5.74) is 0.947. The number of methoxy groups -OCH3 is 1. The summed E-state index contributed by atoms with van der Waals surface area (Å²) in [5, 5.41) is 4.39. The highest BCUT2D eigenvalue weighted by Gasteiger charge is 2.19. The van der Waals surface area contributed by atoms with Crippen LogP contribution in [0.4, 0.5) is 0 Å². The number of ether oxygens (including phenoxy) is 1. The van der Waals surface area contributed by atoms with Crippen molar-refractivity contribution in [3.8, 4) is 0 Å². The fourth-order valence-electron chi connectivity index (χ4n) is 2.45. The van der Waals surface area contributed by atoms with Gasteiger partial charge in [-0.1, -0.05) is 23.7 Å². The van der Waals surface area contributed by atoms with Crippen LogP contribution in [0.5, 0.6) is 0 Å². The van der Waals surface area contributed by atoms with Gasteiger partial charge in [-0.15, -0.1) is 5.10 Å². The van der Waals surface area contributed by atoms with Gasteiger partial charge in [0.1, 0.15) is 0 Å². The molecule has 4 aromatic rings. The molecule has 8 nitrogen and oxygen atoms in total. The van der Waals surface area contributed by atoms with Crippen LogP contribution in [0.3, 0.4) is 0 Å². The number of aromatic nitrogens is 5. The number of benzene rings is 1. The molecule has 0 radical (unpaired) electrons. The van der Waals surface area contributed by atoms with E-state index in [0.29, 0.717) is 11.0 Å². The van der Waals surface area contributed by atoms with Gasteiger partial charge in [0.15, 0.2) is 16.5 Å². The van der Waals surface area contributed by atoms with Crippen molar-refractivity contribution >= 4 is 40.0 Å². The average molecular weight is 330 g/mol. The van der Waals surface area contributed by atoms with E-state index in [2.05, 4.69) is 19.8 Å². The number of carbonyl (C=O) groups is 1. The number of nitrogens with zero attached hydrogens (tertiary/aromatic N) is 5. The van der Waals surface area contributed by atoms with Crippen LogP contribution in [0.2, 0.25) is 5.15 Å². The van der Waals surface area contributed by atoms with Crippen LogP contribution in [-0.2, 0) is 4.74 Å². The number of esters is 1. The molecule has 0 bridgehead atoms. The van der Waals surface area contributed by atoms with E-state index in [1.807, 2.05) is 12.1 Å². The van der Waals surface area contributed by atoms with Crippen LogP contribution >= 0.6 is 11.6 Å². The van der Waals surface area contributed by atoms with E-state index in [4.69, 9.17) is 11.6 Å². The van der Waals surface area contributed by atoms with Crippen molar-refractivity contribution in [1.29, 1.82) is 0 Å². The Bertz CT molecular complexity index is 1160. The number of hydrogen-bond donors (Lipinski definition) is 0. The molecule has 0 amide bonds. The molecule has 3 aromatic heterocycles. The Morgan fingerprint density at radius 3 is 2.83 bits per heavy atom. The zero-order valence-electron chi connectivity index (χ0n) is 11.7. The molecule has 0 N–H and O–H groups in total. The van der Waals surface area contributed by atoms with Crippen molar-refractivity contribution in [3.63, 3.8) is 0 Å². The molecule has 4 rings (SSSR count). The van der Waals surface area contributed by atoms with Gasteiger partial charge in [0.25, 0.3) is 5.56 Å². The number of para-hydroxylation sites is 2. The van der Waals surface area contributed by atoms with Crippen molar-refractivity contribution in [2.24, 2.45) is 0 Å². The summed E-state index contributed by atoms with van der Waals surface area (Å²) in [5.74, 6) is -0.537. The van der Waals surface area contributed by atoms with Gasteiger partial charge in [0.2, 0.25) is 5.78 Å². The van der Waals surface area contributed by atoms with Gasteiger partial charge in [-0.3, -0.25) is 9.20 Å². The highest BCUT2D eigenvalue weighted by molar-refractivity contribution is 6.32. The molecule has 0 aliphatic carbocycles. The molecule has 0 aliphatic rings. The number of carbonyl (C=O) groups excluding carboxylic acids is 1. The van der Waals surface area contributed by atoms with Crippen LogP contribution in [0.1, 0.15) is 10.5 Å². The van der Waals surface area contributed by atoms with Gasteiger partial charge in [-0.05, 0) is 12.1 Å². The van der Waals surface area contributed by atoms with Crippen molar-refractivity contribution in [2.45, 2.75) is 0 Å². The minimum absolute atomic E-state index is 0.0358. The van der Waals surface area contributed by atoms with Crippen LogP contribution in [0.15, 0.2) is 35.1 Å². The topological polar surface area (TPSA) is 90.9 Å². The number of fused-ring (bicyclic) bond motifs is 5. The quantitative estimate of drug-likeness (QED) is 0.489. The third-order valence-corrected chi connectivity index (χ3v) is 3.67. The van der Waals surface area contributed by atoms with Gasteiger partial charge in [-0.25, -0.2) is 9.78 Å². The molecule has 0 saturated heterocycles. The van der Waals surface area contributed by atoms with Gasteiger partial charge in [0.05, 0.1) is 18.1 Å². The largest absolute Gasteiger partial charge is 0.464 e. The van der Waals surface area contributed by atoms with Crippen molar-refractivity contribution < 1.29 is 9.53 Å². The molecule has 0 saturated carbocycles. The molecule has 9 heteroatoms. The third-order valence-electron chi connectivity index (χ3n) is 3.41. The lowest BCUT2D eigenvalue weighted by molar-refractivity contribution is 0.0590. The second kappa shape index (κ2) is 4.75. The summed E-state index contributed by atoms with van der Waals surface area (Å²) in [6.45, 7) is 0. The lowest BCUT2D eigenvalue weighted by Gasteiger charge is -2.03. The fraction of sp³-hybridized carbons (Fsp3) is 0.0714. The van der Waals surface area contributed by atoms with E-state index in [0.717, 1.165) is 6.07 Å². The van der Waals surface area contributed by atoms with E-state index in [1.165, 1.54) is 11.6 Å². The zero-order chi connectivity index (χ0) is 16.1. The van der Waals surface area contributed by atoms with E-state index >= 15 is 0 Å². The minimum atomic E-state index is -0.698. The van der Waals surface area contributed by atoms with Gasteiger partial charge < -0.3 is 4.74 Å². The molecule has 23 heavy (non-hydrogen) atoms. The van der Waals surface area contributed by atoms with Crippen molar-refractivity contribution in [2.75, 3.05) is 7.11 Å². The molecule has 0 atom stereocenters. The van der Waals surface area contributed by atoms with Crippen LogP contribution in [0, 0.1) is 0 Å². The van der Waals surface area contributed by atoms with E-state index in [9.17, 15) is 9.59 Å². The molecule has 3 heterocycles. The Labute approximate surface area is 132 Å². The van der Waals surface area contributed by atoms with E-state index in [1.54, 1.807) is 16.5 Å². The molecule has 0 unspecified atom stereocenters. The monoisotopic (exact) mass is 329 g/mol. The number of rotatable bonds is 1. The lowest BCUT2D eigenvalue weighted by Crippen LogP contribution is -2.17. The maximum Gasteiger partial charge on any atom is 0.357 e. The summed E-state index contributed by atoms with van der Waals surface area (Å²) in [6, 6.07) is 8.27. The molecule has 0 spiro atoms. The first-order chi connectivity index (χ1) is 11.1. The Hall–Kier alpha value is -3.00. The first kappa shape index (κ1) is 13.6. The summed E-state index contributed by atoms with van der Waals surface area (Å²) in [6.07, 6.45) is 0. The molecule has 0 fully saturated rings. The standard InChI is InChI=1S/C14H8ClN5O3/c1-23-13(22)9-6-10(21)17-14-19-8-5-3-2-4-7(8)16-11(15)12(19)18-20(9)14/h2-6H,1H3. The van der Waals surface area contributed by atoms with E-state index in [-0.39, 0.29) is 22.3 Å². The molecular formula is C14H8ClN5O3. The van der Waals surface area contributed by atoms with Gasteiger partial charge in [0, 0.05) is 6.07 Å². The second-order valence-electron chi connectivity index (χ2n) is 4.73. The molecule has 1 aromatic carbocycles.